The van der Waals surface area contributed by atoms with Gasteiger partial charge in [0.2, 0.25) is 5.91 Å². The lowest BCUT2D eigenvalue weighted by Gasteiger charge is -2.31. The molecule has 2 amide bonds. The number of carbonyl (C=O) groups excluding carboxylic acids is 2. The van der Waals surface area contributed by atoms with Crippen LogP contribution in [0.25, 0.3) is 10.4 Å². The molecule has 3 rings (SSSR count). The highest BCUT2D eigenvalue weighted by molar-refractivity contribution is 5.88. The molecule has 3 heterocycles. The van der Waals surface area contributed by atoms with E-state index in [9.17, 15) is 19.5 Å². The van der Waals surface area contributed by atoms with E-state index in [0.29, 0.717) is 64.0 Å². The zero-order valence-corrected chi connectivity index (χ0v) is 29.6. The van der Waals surface area contributed by atoms with Crippen LogP contribution < -0.4 is 10.2 Å². The number of carbonyl (C=O) groups is 3. The summed E-state index contributed by atoms with van der Waals surface area (Å²) in [5.41, 5.74) is 10.4. The summed E-state index contributed by atoms with van der Waals surface area (Å²) in [5.74, 6) is 0.0363. The number of anilines is 1. The van der Waals surface area contributed by atoms with Gasteiger partial charge in [0.25, 0.3) is 0 Å². The third-order valence-corrected chi connectivity index (χ3v) is 7.98. The number of aromatic nitrogens is 3. The Hall–Kier alpha value is -4.33. The van der Waals surface area contributed by atoms with Gasteiger partial charge in [0, 0.05) is 55.5 Å². The molecular formula is C35H52N8O7. The van der Waals surface area contributed by atoms with E-state index >= 15 is 0 Å². The average Bonchev–Trinajstić information content (AvgIpc) is 3.08. The molecule has 0 fully saturated rings. The van der Waals surface area contributed by atoms with Crippen molar-refractivity contribution in [3.05, 3.63) is 57.6 Å². The molecule has 0 aliphatic carbocycles. The first-order valence-electron chi connectivity index (χ1n) is 17.5. The van der Waals surface area contributed by atoms with E-state index in [1.807, 2.05) is 26.8 Å². The molecule has 1 atom stereocenters. The Labute approximate surface area is 294 Å². The van der Waals surface area contributed by atoms with Crippen molar-refractivity contribution in [1.29, 1.82) is 0 Å². The molecular weight excluding hydrogens is 644 g/mol. The lowest BCUT2D eigenvalue weighted by molar-refractivity contribution is -0.137. The molecule has 0 spiro atoms. The molecule has 0 unspecified atom stereocenters. The number of pyridine rings is 1. The fourth-order valence-electron chi connectivity index (χ4n) is 5.51. The van der Waals surface area contributed by atoms with Gasteiger partial charge in [0.15, 0.2) is 0 Å². The molecule has 1 aliphatic rings. The second-order valence-corrected chi connectivity index (χ2v) is 13.2. The minimum atomic E-state index is -0.864. The average molecular weight is 697 g/mol. The molecule has 2 aromatic heterocycles. The van der Waals surface area contributed by atoms with Gasteiger partial charge in [-0.15, -0.1) is 0 Å². The third-order valence-electron chi connectivity index (χ3n) is 7.98. The quantitative estimate of drug-likeness (QED) is 0.0665. The molecule has 15 nitrogen and oxygen atoms in total. The molecule has 0 saturated carbocycles. The van der Waals surface area contributed by atoms with Crippen molar-refractivity contribution >= 4 is 23.8 Å². The first kappa shape index (κ1) is 40.1. The van der Waals surface area contributed by atoms with Crippen LogP contribution in [0.5, 0.6) is 0 Å². The smallest absolute Gasteiger partial charge is 0.416 e. The number of carboxylic acids is 1. The van der Waals surface area contributed by atoms with Crippen molar-refractivity contribution in [2.75, 3.05) is 51.0 Å². The summed E-state index contributed by atoms with van der Waals surface area (Å²) >= 11 is 0. The standard InChI is InChI=1S/C35H52N8O7/c1-35(2,3)50-34(47)43-18-8-10-26-12-13-29(41-33(26)43)11-7-5-4-6-9-27(23-32(45)46)28-24-38-30(39-25-28)14-15-31(44)37-16-19-48-21-22-49-20-17-40-42-36/h12-13,24-25,27H,4-11,14-23H2,1-3H3,(H,37,44)(H,45,46)/t27-/m0/s1. The van der Waals surface area contributed by atoms with Crippen molar-refractivity contribution in [1.82, 2.24) is 20.3 Å². The number of aliphatic carboxylic acids is 1. The largest absolute Gasteiger partial charge is 0.481 e. The van der Waals surface area contributed by atoms with Gasteiger partial charge in [-0.3, -0.25) is 14.5 Å². The number of nitrogens with zero attached hydrogens (tertiary/aromatic N) is 7. The van der Waals surface area contributed by atoms with Gasteiger partial charge in [-0.25, -0.2) is 19.7 Å². The van der Waals surface area contributed by atoms with Gasteiger partial charge >= 0.3 is 12.1 Å². The Morgan fingerprint density at radius 3 is 2.50 bits per heavy atom. The molecule has 0 aromatic carbocycles. The monoisotopic (exact) mass is 696 g/mol. The zero-order chi connectivity index (χ0) is 36.2. The van der Waals surface area contributed by atoms with Crippen LogP contribution in [0.15, 0.2) is 29.6 Å². The van der Waals surface area contributed by atoms with Crippen molar-refractivity contribution in [3.8, 4) is 0 Å². The Balaban J connectivity index is 1.35. The molecule has 0 bridgehead atoms. The number of hydrogen-bond donors (Lipinski definition) is 2. The van der Waals surface area contributed by atoms with Crippen LogP contribution in [0.1, 0.15) is 101 Å². The summed E-state index contributed by atoms with van der Waals surface area (Å²) in [7, 11) is 0. The number of aryl methyl sites for hydroxylation is 3. The molecule has 274 valence electrons. The minimum Gasteiger partial charge on any atom is -0.481 e. The number of hydrogen-bond acceptors (Lipinski definition) is 10. The van der Waals surface area contributed by atoms with Crippen LogP contribution in [-0.4, -0.2) is 89.7 Å². The number of fused-ring (bicyclic) bond motifs is 1. The van der Waals surface area contributed by atoms with E-state index in [1.54, 1.807) is 17.3 Å². The van der Waals surface area contributed by atoms with Crippen molar-refractivity contribution in [2.45, 2.75) is 103 Å². The minimum absolute atomic E-state index is 0.00223. The van der Waals surface area contributed by atoms with Gasteiger partial charge in [-0.2, -0.15) is 0 Å². The summed E-state index contributed by atoms with van der Waals surface area (Å²) in [6, 6.07) is 4.12. The summed E-state index contributed by atoms with van der Waals surface area (Å²) in [6.45, 7) is 8.27. The van der Waals surface area contributed by atoms with Crippen molar-refractivity contribution in [2.24, 2.45) is 5.11 Å². The number of amides is 2. The summed E-state index contributed by atoms with van der Waals surface area (Å²) in [6.07, 6.45) is 10.6. The van der Waals surface area contributed by atoms with E-state index < -0.39 is 11.6 Å². The Morgan fingerprint density at radius 1 is 1.04 bits per heavy atom. The fourth-order valence-corrected chi connectivity index (χ4v) is 5.51. The lowest BCUT2D eigenvalue weighted by atomic mass is 9.92. The summed E-state index contributed by atoms with van der Waals surface area (Å²) < 4.78 is 16.2. The first-order valence-corrected chi connectivity index (χ1v) is 17.5. The predicted molar refractivity (Wildman–Crippen MR) is 187 cm³/mol. The van der Waals surface area contributed by atoms with Gasteiger partial charge in [0.05, 0.1) is 32.8 Å². The number of nitrogens with one attached hydrogen (secondary N) is 1. The number of ether oxygens (including phenoxy) is 3. The van der Waals surface area contributed by atoms with Crippen LogP contribution in [0, 0.1) is 0 Å². The number of unbranched alkanes of at least 4 members (excludes halogenated alkanes) is 3. The SMILES string of the molecule is CC(C)(C)OC(=O)N1CCCc2ccc(CCCCCC[C@@H](CC(=O)O)c3cnc(CCC(=O)NCCOCCOCCN=[N+]=[N-])nc3)nc21. The van der Waals surface area contributed by atoms with Crippen LogP contribution in [0.3, 0.4) is 0 Å². The van der Waals surface area contributed by atoms with Gasteiger partial charge in [-0.05, 0) is 81.5 Å². The van der Waals surface area contributed by atoms with E-state index in [2.05, 4.69) is 31.4 Å². The second-order valence-electron chi connectivity index (χ2n) is 13.2. The molecule has 15 heteroatoms. The highest BCUT2D eigenvalue weighted by Gasteiger charge is 2.28. The number of carboxylic acid groups (broad SMARTS) is 1. The van der Waals surface area contributed by atoms with Crippen molar-refractivity contribution in [3.63, 3.8) is 0 Å². The van der Waals surface area contributed by atoms with Crippen LogP contribution >= 0.6 is 0 Å². The van der Waals surface area contributed by atoms with Crippen molar-refractivity contribution < 1.29 is 33.7 Å². The molecule has 2 N–H and O–H groups in total. The Morgan fingerprint density at radius 2 is 1.78 bits per heavy atom. The highest BCUT2D eigenvalue weighted by Crippen LogP contribution is 2.28. The highest BCUT2D eigenvalue weighted by atomic mass is 16.6. The van der Waals surface area contributed by atoms with E-state index in [4.69, 9.17) is 24.7 Å². The molecule has 1 aliphatic heterocycles. The number of azide groups is 1. The molecule has 0 saturated heterocycles. The maximum absolute atomic E-state index is 12.8. The lowest BCUT2D eigenvalue weighted by Crippen LogP contribution is -2.40. The van der Waals surface area contributed by atoms with Gasteiger partial charge in [0.1, 0.15) is 17.2 Å². The molecule has 2 aromatic rings. The predicted octanol–water partition coefficient (Wildman–Crippen LogP) is 5.70. The molecule has 50 heavy (non-hydrogen) atoms. The Bertz CT molecular complexity index is 1410. The van der Waals surface area contributed by atoms with Gasteiger partial charge in [-0.1, -0.05) is 30.4 Å². The van der Waals surface area contributed by atoms with Crippen LogP contribution in [-0.2, 0) is 43.1 Å². The normalized spacial score (nSPS) is 13.2. The van der Waals surface area contributed by atoms with Crippen LogP contribution in [0.2, 0.25) is 0 Å². The Kier molecular flexibility index (Phi) is 17.4. The topological polar surface area (TPSA) is 202 Å². The summed E-state index contributed by atoms with van der Waals surface area (Å²) in [4.78, 5) is 54.5. The van der Waals surface area contributed by atoms with Crippen LogP contribution in [0.4, 0.5) is 10.6 Å². The van der Waals surface area contributed by atoms with E-state index in [1.165, 1.54) is 0 Å². The fraction of sp³-hybridized carbons (Fsp3) is 0.657. The third kappa shape index (κ3) is 15.5. The first-order chi connectivity index (χ1) is 24.1. The van der Waals surface area contributed by atoms with E-state index in [-0.39, 0.29) is 37.3 Å². The molecule has 0 radical (unpaired) electrons. The van der Waals surface area contributed by atoms with Gasteiger partial charge < -0.3 is 24.6 Å². The zero-order valence-electron chi connectivity index (χ0n) is 29.6. The maximum atomic E-state index is 12.8. The van der Waals surface area contributed by atoms with E-state index in [0.717, 1.165) is 61.8 Å². The summed E-state index contributed by atoms with van der Waals surface area (Å²) in [5, 5.41) is 15.7. The maximum Gasteiger partial charge on any atom is 0.416 e. The second kappa shape index (κ2) is 21.7. The number of rotatable bonds is 22.